The summed E-state index contributed by atoms with van der Waals surface area (Å²) >= 11 is 24.6. The van der Waals surface area contributed by atoms with Crippen molar-refractivity contribution in [3.8, 4) is 11.1 Å². The van der Waals surface area contributed by atoms with Gasteiger partial charge < -0.3 is 4.90 Å². The van der Waals surface area contributed by atoms with E-state index in [1.165, 1.54) is 12.1 Å². The molecule has 0 aliphatic rings. The van der Waals surface area contributed by atoms with Crippen molar-refractivity contribution in [2.75, 3.05) is 19.0 Å². The van der Waals surface area contributed by atoms with E-state index in [0.29, 0.717) is 21.2 Å². The minimum Gasteiger partial charge on any atom is -0.376 e. The van der Waals surface area contributed by atoms with E-state index in [1.807, 2.05) is 19.0 Å². The van der Waals surface area contributed by atoms with Gasteiger partial charge in [0.25, 0.3) is 5.69 Å². The Morgan fingerprint density at radius 3 is 1.86 bits per heavy atom. The Labute approximate surface area is 147 Å². The number of anilines is 1. The first-order chi connectivity index (χ1) is 10.2. The number of hydrogen-bond acceptors (Lipinski definition) is 3. The molecule has 116 valence electrons. The second kappa shape index (κ2) is 6.50. The molecule has 0 aliphatic carbocycles. The summed E-state index contributed by atoms with van der Waals surface area (Å²) in [5.74, 6) is 0. The maximum absolute atomic E-state index is 10.9. The average molecular weight is 380 g/mol. The molecule has 0 amide bonds. The van der Waals surface area contributed by atoms with E-state index in [4.69, 9.17) is 46.4 Å². The smallest absolute Gasteiger partial charge is 0.289 e. The van der Waals surface area contributed by atoms with Crippen molar-refractivity contribution in [1.82, 2.24) is 0 Å². The topological polar surface area (TPSA) is 46.4 Å². The molecule has 2 rings (SSSR count). The molecule has 0 saturated carbocycles. The zero-order valence-electron chi connectivity index (χ0n) is 11.5. The maximum atomic E-state index is 10.9. The fourth-order valence-corrected chi connectivity index (χ4v) is 3.05. The third kappa shape index (κ3) is 3.25. The van der Waals surface area contributed by atoms with Crippen LogP contribution in [-0.2, 0) is 0 Å². The number of rotatable bonds is 3. The molecule has 0 atom stereocenters. The van der Waals surface area contributed by atoms with Gasteiger partial charge >= 0.3 is 0 Å². The highest BCUT2D eigenvalue weighted by atomic mass is 35.5. The van der Waals surface area contributed by atoms with Gasteiger partial charge in [0.2, 0.25) is 0 Å². The van der Waals surface area contributed by atoms with Crippen LogP contribution in [0, 0.1) is 10.1 Å². The average Bonchev–Trinajstić information content (AvgIpc) is 2.42. The predicted octanol–water partition coefficient (Wildman–Crippen LogP) is 5.94. The summed E-state index contributed by atoms with van der Waals surface area (Å²) in [6.07, 6.45) is 0. The number of nitro benzene ring substituents is 1. The van der Waals surface area contributed by atoms with Crippen molar-refractivity contribution in [1.29, 1.82) is 0 Å². The Bertz CT molecular complexity index is 763. The monoisotopic (exact) mass is 378 g/mol. The molecule has 0 aliphatic heterocycles. The lowest BCUT2D eigenvalue weighted by molar-refractivity contribution is -0.384. The molecule has 0 bridgehead atoms. The van der Waals surface area contributed by atoms with E-state index >= 15 is 0 Å². The maximum Gasteiger partial charge on any atom is 0.289 e. The number of nitrogens with zero attached hydrogens (tertiary/aromatic N) is 2. The zero-order chi connectivity index (χ0) is 16.6. The largest absolute Gasteiger partial charge is 0.376 e. The van der Waals surface area contributed by atoms with Gasteiger partial charge in [0.1, 0.15) is 5.02 Å². The number of benzene rings is 2. The van der Waals surface area contributed by atoms with Gasteiger partial charge in [-0.25, -0.2) is 0 Å². The van der Waals surface area contributed by atoms with E-state index in [2.05, 4.69) is 0 Å². The number of halogens is 4. The minimum atomic E-state index is -0.596. The summed E-state index contributed by atoms with van der Waals surface area (Å²) in [6, 6.07) is 5.96. The van der Waals surface area contributed by atoms with Gasteiger partial charge in [0, 0.05) is 31.3 Å². The molecule has 0 N–H and O–H groups in total. The van der Waals surface area contributed by atoms with Crippen molar-refractivity contribution in [2.45, 2.75) is 0 Å². The Kier molecular flexibility index (Phi) is 5.07. The summed E-state index contributed by atoms with van der Waals surface area (Å²) in [5.41, 5.74) is 1.52. The first-order valence-corrected chi connectivity index (χ1v) is 7.53. The third-order valence-corrected chi connectivity index (χ3v) is 4.27. The van der Waals surface area contributed by atoms with Crippen LogP contribution in [0.15, 0.2) is 24.3 Å². The summed E-state index contributed by atoms with van der Waals surface area (Å²) < 4.78 is 0. The van der Waals surface area contributed by atoms with Crippen molar-refractivity contribution < 1.29 is 4.92 Å². The summed E-state index contributed by atoms with van der Waals surface area (Å²) in [4.78, 5) is 12.1. The van der Waals surface area contributed by atoms with Crippen LogP contribution < -0.4 is 4.90 Å². The molecule has 22 heavy (non-hydrogen) atoms. The Balaban J connectivity index is 2.65. The van der Waals surface area contributed by atoms with Gasteiger partial charge in [-0.2, -0.15) is 0 Å². The lowest BCUT2D eigenvalue weighted by Crippen LogP contribution is -2.09. The fraction of sp³-hybridized carbons (Fsp3) is 0.143. The van der Waals surface area contributed by atoms with Crippen LogP contribution in [0.2, 0.25) is 20.1 Å². The van der Waals surface area contributed by atoms with Gasteiger partial charge in [-0.3, -0.25) is 10.1 Å². The second-order valence-corrected chi connectivity index (χ2v) is 6.35. The molecular weight excluding hydrogens is 370 g/mol. The van der Waals surface area contributed by atoms with E-state index in [0.717, 1.165) is 5.69 Å². The molecule has 0 saturated heterocycles. The Morgan fingerprint density at radius 2 is 1.36 bits per heavy atom. The minimum absolute atomic E-state index is 0.0201. The number of hydrogen-bond donors (Lipinski definition) is 0. The lowest BCUT2D eigenvalue weighted by Gasteiger charge is -2.17. The van der Waals surface area contributed by atoms with E-state index in [1.54, 1.807) is 12.1 Å². The molecule has 8 heteroatoms. The Morgan fingerprint density at radius 1 is 0.864 bits per heavy atom. The van der Waals surface area contributed by atoms with Crippen LogP contribution in [0.5, 0.6) is 0 Å². The molecule has 2 aromatic carbocycles. The summed E-state index contributed by atoms with van der Waals surface area (Å²) in [7, 11) is 3.68. The van der Waals surface area contributed by atoms with Crippen LogP contribution in [-0.4, -0.2) is 19.0 Å². The van der Waals surface area contributed by atoms with Crippen LogP contribution >= 0.6 is 46.4 Å². The lowest BCUT2D eigenvalue weighted by atomic mass is 10.0. The van der Waals surface area contributed by atoms with Gasteiger partial charge in [-0.1, -0.05) is 46.4 Å². The first kappa shape index (κ1) is 17.2. The van der Waals surface area contributed by atoms with E-state index < -0.39 is 4.92 Å². The normalized spacial score (nSPS) is 10.6. The summed E-state index contributed by atoms with van der Waals surface area (Å²) in [6.45, 7) is 0. The highest BCUT2D eigenvalue weighted by Crippen LogP contribution is 2.42. The molecule has 0 heterocycles. The third-order valence-electron chi connectivity index (χ3n) is 3.04. The molecule has 0 radical (unpaired) electrons. The SMILES string of the molecule is CN(C)c1cc(Cl)c(-c2cc(Cl)c([N+](=O)[O-])cc2Cl)cc1Cl. The van der Waals surface area contributed by atoms with Crippen molar-refractivity contribution in [3.05, 3.63) is 54.5 Å². The van der Waals surface area contributed by atoms with Gasteiger partial charge in [-0.05, 0) is 18.2 Å². The Hall–Kier alpha value is -1.20. The highest BCUT2D eigenvalue weighted by molar-refractivity contribution is 6.40. The van der Waals surface area contributed by atoms with Crippen LogP contribution in [0.4, 0.5) is 11.4 Å². The van der Waals surface area contributed by atoms with Gasteiger partial charge in [-0.15, -0.1) is 0 Å². The molecule has 0 unspecified atom stereocenters. The molecular formula is C14H10Cl4N2O2. The number of nitro groups is 1. The molecule has 2 aromatic rings. The fourth-order valence-electron chi connectivity index (χ4n) is 1.97. The van der Waals surface area contributed by atoms with Crippen LogP contribution in [0.3, 0.4) is 0 Å². The van der Waals surface area contributed by atoms with Gasteiger partial charge in [0.05, 0.1) is 25.7 Å². The van der Waals surface area contributed by atoms with Crippen LogP contribution in [0.1, 0.15) is 0 Å². The molecule has 0 spiro atoms. The predicted molar refractivity (Wildman–Crippen MR) is 92.9 cm³/mol. The standard InChI is InChI=1S/C14H10Cl4N2O2/c1-19(2)13-5-9(15)7(3-11(13)17)8-4-12(18)14(20(21)22)6-10(8)16/h3-6H,1-2H3. The quantitative estimate of drug-likeness (QED) is 0.489. The molecule has 0 aromatic heterocycles. The van der Waals surface area contributed by atoms with E-state index in [-0.39, 0.29) is 15.7 Å². The zero-order valence-corrected chi connectivity index (χ0v) is 14.6. The van der Waals surface area contributed by atoms with E-state index in [9.17, 15) is 10.1 Å². The van der Waals surface area contributed by atoms with Crippen LogP contribution in [0.25, 0.3) is 11.1 Å². The van der Waals surface area contributed by atoms with Crippen molar-refractivity contribution >= 4 is 57.8 Å². The summed E-state index contributed by atoms with van der Waals surface area (Å²) in [5, 5.41) is 11.9. The van der Waals surface area contributed by atoms with Gasteiger partial charge in [0.15, 0.2) is 0 Å². The highest BCUT2D eigenvalue weighted by Gasteiger charge is 2.19. The van der Waals surface area contributed by atoms with Crippen molar-refractivity contribution in [2.24, 2.45) is 0 Å². The molecule has 0 fully saturated rings. The van der Waals surface area contributed by atoms with Crippen molar-refractivity contribution in [3.63, 3.8) is 0 Å². The second-order valence-electron chi connectivity index (χ2n) is 4.72. The molecule has 4 nitrogen and oxygen atoms in total. The first-order valence-electron chi connectivity index (χ1n) is 6.02.